The molecule has 41 heavy (non-hydrogen) atoms. The van der Waals surface area contributed by atoms with Crippen LogP contribution in [0.2, 0.25) is 0 Å². The summed E-state index contributed by atoms with van der Waals surface area (Å²) in [6.45, 7) is 2.24. The molecule has 0 saturated heterocycles. The molecule has 2 heterocycles. The highest BCUT2D eigenvalue weighted by molar-refractivity contribution is 6.13. The van der Waals surface area contributed by atoms with E-state index in [1.807, 2.05) is 43.3 Å². The van der Waals surface area contributed by atoms with Gasteiger partial charge in [-0.3, -0.25) is 19.5 Å². The largest absolute Gasteiger partial charge is 0.462 e. The number of amides is 1. The Morgan fingerprint density at radius 2 is 1.71 bits per heavy atom. The number of esters is 1. The number of para-hydroxylation sites is 2. The number of rotatable bonds is 10. The molecule has 0 unspecified atom stereocenters. The molecule has 0 bridgehead atoms. The molecule has 0 fully saturated rings. The van der Waals surface area contributed by atoms with Crippen molar-refractivity contribution in [2.75, 3.05) is 11.9 Å². The first-order valence-corrected chi connectivity index (χ1v) is 13.2. The van der Waals surface area contributed by atoms with Gasteiger partial charge in [0, 0.05) is 18.2 Å². The van der Waals surface area contributed by atoms with Gasteiger partial charge in [-0.1, -0.05) is 68.3 Å². The minimum absolute atomic E-state index is 0.0164. The predicted octanol–water partition coefficient (Wildman–Crippen LogP) is 6.48. The third kappa shape index (κ3) is 5.96. The Hall–Kier alpha value is -5.38. The van der Waals surface area contributed by atoms with Gasteiger partial charge in [-0.05, 0) is 36.3 Å². The van der Waals surface area contributed by atoms with Gasteiger partial charge in [-0.25, -0.2) is 14.8 Å². The van der Waals surface area contributed by atoms with E-state index in [-0.39, 0.29) is 34.8 Å². The molecular weight excluding hydrogens is 522 g/mol. The number of nitro benzene ring substituents is 1. The lowest BCUT2D eigenvalue weighted by molar-refractivity contribution is -0.384. The number of unbranched alkanes of at least 4 members (excludes halogenated alkanes) is 2. The highest BCUT2D eigenvalue weighted by Gasteiger charge is 2.29. The van der Waals surface area contributed by atoms with E-state index in [9.17, 15) is 19.7 Å². The van der Waals surface area contributed by atoms with Crippen molar-refractivity contribution in [1.29, 1.82) is 0 Å². The van der Waals surface area contributed by atoms with Crippen LogP contribution in [0.25, 0.3) is 34.0 Å². The van der Waals surface area contributed by atoms with Crippen LogP contribution >= 0.6 is 0 Å². The molecule has 1 N–H and O–H groups in total. The van der Waals surface area contributed by atoms with Gasteiger partial charge in [0.25, 0.3) is 5.69 Å². The first-order chi connectivity index (χ1) is 20.0. The quantitative estimate of drug-likeness (QED) is 0.0694. The number of ether oxygens (including phenoxy) is 1. The second-order valence-corrected chi connectivity index (χ2v) is 9.30. The highest BCUT2D eigenvalue weighted by Crippen LogP contribution is 2.34. The number of non-ortho nitro benzene ring substituents is 1. The first kappa shape index (κ1) is 27.2. The van der Waals surface area contributed by atoms with Gasteiger partial charge in [0.05, 0.1) is 28.3 Å². The van der Waals surface area contributed by atoms with Crippen molar-refractivity contribution in [1.82, 2.24) is 14.5 Å². The van der Waals surface area contributed by atoms with Crippen LogP contribution in [0, 0.1) is 10.1 Å². The molecule has 0 aliphatic heterocycles. The zero-order chi connectivity index (χ0) is 28.8. The minimum atomic E-state index is -0.679. The van der Waals surface area contributed by atoms with E-state index in [1.165, 1.54) is 28.8 Å². The lowest BCUT2D eigenvalue weighted by Gasteiger charge is -2.12. The Morgan fingerprint density at radius 3 is 2.44 bits per heavy atom. The van der Waals surface area contributed by atoms with Crippen molar-refractivity contribution in [3.8, 4) is 5.69 Å². The predicted molar refractivity (Wildman–Crippen MR) is 157 cm³/mol. The van der Waals surface area contributed by atoms with Gasteiger partial charge in [0.15, 0.2) is 5.65 Å². The fourth-order valence-corrected chi connectivity index (χ4v) is 4.44. The van der Waals surface area contributed by atoms with E-state index in [1.54, 1.807) is 30.3 Å². The zero-order valence-electron chi connectivity index (χ0n) is 22.3. The Bertz CT molecular complexity index is 1780. The van der Waals surface area contributed by atoms with Crippen molar-refractivity contribution >= 4 is 51.7 Å². The number of carbonyl (C=O) groups is 2. The van der Waals surface area contributed by atoms with Gasteiger partial charge in [-0.15, -0.1) is 0 Å². The topological polar surface area (TPSA) is 129 Å². The van der Waals surface area contributed by atoms with E-state index in [0.717, 1.165) is 18.4 Å². The molecule has 1 amide bonds. The maximum atomic E-state index is 13.6. The van der Waals surface area contributed by atoms with E-state index >= 15 is 0 Å². The van der Waals surface area contributed by atoms with Crippen molar-refractivity contribution in [2.24, 2.45) is 0 Å². The molecule has 0 saturated carbocycles. The fraction of sp³-hybridized carbons (Fsp3) is 0.161. The summed E-state index contributed by atoms with van der Waals surface area (Å²) in [5.41, 5.74) is 2.52. The molecule has 10 heteroatoms. The monoisotopic (exact) mass is 549 g/mol. The number of benzene rings is 3. The standard InChI is InChI=1S/C31H27N5O5/c1-2-3-9-19-41-31(38)27-28-30(33-25-16-8-7-15-24(25)32-28)35(22-13-10-14-23(20-22)36(39)40)29(27)34-26(37)18-17-21-11-5-4-6-12-21/h4-8,10-18,20H,2-3,9,19H2,1H3,(H,34,37). The second kappa shape index (κ2) is 12.2. The van der Waals surface area contributed by atoms with Gasteiger partial charge >= 0.3 is 5.97 Å². The summed E-state index contributed by atoms with van der Waals surface area (Å²) in [6.07, 6.45) is 5.51. The number of fused-ring (bicyclic) bond motifs is 2. The molecule has 5 rings (SSSR count). The molecule has 0 aliphatic rings. The Morgan fingerprint density at radius 1 is 0.976 bits per heavy atom. The summed E-state index contributed by atoms with van der Waals surface area (Å²) < 4.78 is 7.11. The summed E-state index contributed by atoms with van der Waals surface area (Å²) in [5.74, 6) is -1.14. The summed E-state index contributed by atoms with van der Waals surface area (Å²) >= 11 is 0. The second-order valence-electron chi connectivity index (χ2n) is 9.30. The van der Waals surface area contributed by atoms with E-state index < -0.39 is 16.8 Å². The van der Waals surface area contributed by atoms with Crippen LogP contribution in [-0.4, -0.2) is 37.9 Å². The smallest absolute Gasteiger partial charge is 0.344 e. The lowest BCUT2D eigenvalue weighted by Crippen LogP contribution is -2.16. The molecule has 0 aliphatic carbocycles. The summed E-state index contributed by atoms with van der Waals surface area (Å²) in [6, 6.07) is 22.3. The van der Waals surface area contributed by atoms with Crippen LogP contribution in [-0.2, 0) is 9.53 Å². The van der Waals surface area contributed by atoms with Crippen LogP contribution in [0.5, 0.6) is 0 Å². The van der Waals surface area contributed by atoms with Crippen LogP contribution < -0.4 is 5.32 Å². The Kier molecular flexibility index (Phi) is 8.10. The molecule has 0 atom stereocenters. The third-order valence-corrected chi connectivity index (χ3v) is 6.41. The van der Waals surface area contributed by atoms with Crippen LogP contribution in [0.4, 0.5) is 11.5 Å². The highest BCUT2D eigenvalue weighted by atomic mass is 16.6. The van der Waals surface area contributed by atoms with E-state index in [2.05, 4.69) is 5.32 Å². The summed E-state index contributed by atoms with van der Waals surface area (Å²) in [5, 5.41) is 14.4. The first-order valence-electron chi connectivity index (χ1n) is 13.2. The molecule has 206 valence electrons. The van der Waals surface area contributed by atoms with Gasteiger partial charge in [-0.2, -0.15) is 0 Å². The van der Waals surface area contributed by atoms with E-state index in [0.29, 0.717) is 23.1 Å². The number of nitrogens with zero attached hydrogens (tertiary/aromatic N) is 4. The number of anilines is 1. The maximum Gasteiger partial charge on any atom is 0.344 e. The van der Waals surface area contributed by atoms with Gasteiger partial charge < -0.3 is 10.1 Å². The van der Waals surface area contributed by atoms with Crippen molar-refractivity contribution in [2.45, 2.75) is 26.2 Å². The number of nitrogens with one attached hydrogen (secondary N) is 1. The molecule has 5 aromatic rings. The molecular formula is C31H27N5O5. The van der Waals surface area contributed by atoms with Crippen molar-refractivity contribution in [3.05, 3.63) is 106 Å². The molecule has 2 aromatic heterocycles. The summed E-state index contributed by atoms with van der Waals surface area (Å²) in [4.78, 5) is 47.4. The van der Waals surface area contributed by atoms with Crippen molar-refractivity contribution in [3.63, 3.8) is 0 Å². The van der Waals surface area contributed by atoms with Crippen LogP contribution in [0.3, 0.4) is 0 Å². The number of nitro groups is 1. The van der Waals surface area contributed by atoms with Crippen LogP contribution in [0.1, 0.15) is 42.1 Å². The summed E-state index contributed by atoms with van der Waals surface area (Å²) in [7, 11) is 0. The minimum Gasteiger partial charge on any atom is -0.462 e. The van der Waals surface area contributed by atoms with Gasteiger partial charge in [0.1, 0.15) is 16.9 Å². The Balaban J connectivity index is 1.71. The van der Waals surface area contributed by atoms with Crippen LogP contribution in [0.15, 0.2) is 84.9 Å². The molecule has 0 spiro atoms. The average molecular weight is 550 g/mol. The lowest BCUT2D eigenvalue weighted by atomic mass is 10.2. The van der Waals surface area contributed by atoms with Gasteiger partial charge in [0.2, 0.25) is 5.91 Å². The number of hydrogen-bond acceptors (Lipinski definition) is 7. The normalized spacial score (nSPS) is 11.2. The number of hydrogen-bond donors (Lipinski definition) is 1. The molecule has 0 radical (unpaired) electrons. The van der Waals surface area contributed by atoms with E-state index in [4.69, 9.17) is 14.7 Å². The zero-order valence-corrected chi connectivity index (χ0v) is 22.3. The maximum absolute atomic E-state index is 13.6. The number of carbonyl (C=O) groups excluding carboxylic acids is 2. The average Bonchev–Trinajstić information content (AvgIpc) is 3.29. The Labute approximate surface area is 235 Å². The molecule has 3 aromatic carbocycles. The SMILES string of the molecule is CCCCCOC(=O)c1c(NC(=O)C=Cc2ccccc2)n(-c2cccc([N+](=O)[O-])c2)c2nc3ccccc3nc12. The third-order valence-electron chi connectivity index (χ3n) is 6.41. The fourth-order valence-electron chi connectivity index (χ4n) is 4.44. The number of aromatic nitrogens is 3. The van der Waals surface area contributed by atoms with Crippen molar-refractivity contribution < 1.29 is 19.2 Å². The molecule has 10 nitrogen and oxygen atoms in total.